The maximum absolute atomic E-state index is 12.2. The largest absolute Gasteiger partial charge is 0.475 e. The lowest BCUT2D eigenvalue weighted by Crippen LogP contribution is -2.14. The number of aromatic carboxylic acids is 1. The van der Waals surface area contributed by atoms with Gasteiger partial charge in [0.25, 0.3) is 5.91 Å². The minimum absolute atomic E-state index is 0.0684. The Morgan fingerprint density at radius 1 is 1.27 bits per heavy atom. The van der Waals surface area contributed by atoms with Crippen LogP contribution in [0.25, 0.3) is 11.0 Å². The molecule has 0 aliphatic carbocycles. The van der Waals surface area contributed by atoms with Crippen molar-refractivity contribution in [3.05, 3.63) is 59.1 Å². The molecule has 0 spiro atoms. The molecule has 0 fully saturated rings. The molecule has 0 radical (unpaired) electrons. The van der Waals surface area contributed by atoms with Crippen LogP contribution in [0.3, 0.4) is 0 Å². The molecule has 22 heavy (non-hydrogen) atoms. The van der Waals surface area contributed by atoms with Crippen molar-refractivity contribution >= 4 is 40.1 Å². The van der Waals surface area contributed by atoms with Gasteiger partial charge < -0.3 is 14.8 Å². The third-order valence-electron chi connectivity index (χ3n) is 3.01. The number of carbonyl (C=O) groups excluding carboxylic acids is 1. The van der Waals surface area contributed by atoms with Gasteiger partial charge in [0.05, 0.1) is 5.56 Å². The van der Waals surface area contributed by atoms with Crippen molar-refractivity contribution in [2.24, 2.45) is 0 Å². The molecule has 1 aromatic carbocycles. The van der Waals surface area contributed by atoms with E-state index in [1.54, 1.807) is 24.3 Å². The minimum Gasteiger partial charge on any atom is -0.475 e. The molecule has 0 saturated carbocycles. The second-order valence-corrected chi connectivity index (χ2v) is 4.88. The molecule has 2 heterocycles. The molecule has 0 saturated heterocycles. The van der Waals surface area contributed by atoms with Crippen LogP contribution in [-0.2, 0) is 0 Å². The fraction of sp³-hybridized carbons (Fsp3) is 0. The van der Waals surface area contributed by atoms with Gasteiger partial charge in [-0.25, -0.2) is 4.79 Å². The molecule has 3 rings (SSSR count). The van der Waals surface area contributed by atoms with E-state index >= 15 is 0 Å². The summed E-state index contributed by atoms with van der Waals surface area (Å²) in [5.74, 6) is -2.12. The highest BCUT2D eigenvalue weighted by molar-refractivity contribution is 6.31. The van der Waals surface area contributed by atoms with Gasteiger partial charge in [0.2, 0.25) is 5.76 Å². The molecule has 0 atom stereocenters. The fourth-order valence-electron chi connectivity index (χ4n) is 2.03. The van der Waals surface area contributed by atoms with Crippen LogP contribution < -0.4 is 5.32 Å². The van der Waals surface area contributed by atoms with E-state index in [2.05, 4.69) is 10.3 Å². The van der Waals surface area contributed by atoms with Crippen LogP contribution in [0.15, 0.2) is 47.1 Å². The molecule has 0 unspecified atom stereocenters. The number of nitrogens with one attached hydrogen (secondary N) is 1. The maximum atomic E-state index is 12.2. The Morgan fingerprint density at radius 2 is 2.09 bits per heavy atom. The second kappa shape index (κ2) is 5.50. The number of pyridine rings is 1. The summed E-state index contributed by atoms with van der Waals surface area (Å²) in [5, 5.41) is 12.6. The lowest BCUT2D eigenvalue weighted by Gasteiger charge is -2.04. The lowest BCUT2D eigenvalue weighted by molar-refractivity contribution is 0.0666. The second-order valence-electron chi connectivity index (χ2n) is 4.45. The Hall–Kier alpha value is -2.86. The van der Waals surface area contributed by atoms with Crippen LogP contribution >= 0.6 is 11.6 Å². The Bertz CT molecular complexity index is 874. The first-order valence-electron chi connectivity index (χ1n) is 6.23. The average Bonchev–Trinajstić information content (AvgIpc) is 2.86. The standard InChI is InChI=1S/C15H9ClN2O4/c16-9-3-4-11-10(6-9)12(13(22-11)15(20)21)18-14(19)8-2-1-5-17-7-8/h1-7H,(H,18,19)(H,20,21). The number of anilines is 1. The summed E-state index contributed by atoms with van der Waals surface area (Å²) >= 11 is 5.92. The van der Waals surface area contributed by atoms with E-state index in [0.29, 0.717) is 21.6 Å². The number of nitrogens with zero attached hydrogens (tertiary/aromatic N) is 1. The van der Waals surface area contributed by atoms with Gasteiger partial charge in [0.1, 0.15) is 11.3 Å². The van der Waals surface area contributed by atoms with E-state index in [1.165, 1.54) is 18.5 Å². The van der Waals surface area contributed by atoms with Crippen LogP contribution in [-0.4, -0.2) is 22.0 Å². The molecule has 0 bridgehead atoms. The highest BCUT2D eigenvalue weighted by Crippen LogP contribution is 2.33. The Morgan fingerprint density at radius 3 is 2.77 bits per heavy atom. The molecular weight excluding hydrogens is 308 g/mol. The Kier molecular flexibility index (Phi) is 3.52. The van der Waals surface area contributed by atoms with Gasteiger partial charge in [-0.3, -0.25) is 9.78 Å². The molecule has 0 aliphatic rings. The number of hydrogen-bond donors (Lipinski definition) is 2. The third-order valence-corrected chi connectivity index (χ3v) is 3.24. The summed E-state index contributed by atoms with van der Waals surface area (Å²) < 4.78 is 5.26. The van der Waals surface area contributed by atoms with E-state index in [9.17, 15) is 14.7 Å². The average molecular weight is 317 g/mol. The minimum atomic E-state index is -1.28. The Balaban J connectivity index is 2.09. The molecule has 0 aliphatic heterocycles. The van der Waals surface area contributed by atoms with Crippen LogP contribution in [0, 0.1) is 0 Å². The van der Waals surface area contributed by atoms with E-state index in [0.717, 1.165) is 0 Å². The summed E-state index contributed by atoms with van der Waals surface area (Å²) in [6.45, 7) is 0. The van der Waals surface area contributed by atoms with Crippen molar-refractivity contribution in [1.82, 2.24) is 4.98 Å². The van der Waals surface area contributed by atoms with Gasteiger partial charge in [-0.15, -0.1) is 0 Å². The topological polar surface area (TPSA) is 92.4 Å². The SMILES string of the molecule is O=C(Nc1c(C(=O)O)oc2ccc(Cl)cc12)c1cccnc1. The number of carboxylic acid groups (broad SMARTS) is 1. The maximum Gasteiger partial charge on any atom is 0.374 e. The summed E-state index contributed by atoms with van der Waals surface area (Å²) in [6, 6.07) is 7.83. The Labute approximate surface area is 129 Å². The highest BCUT2D eigenvalue weighted by atomic mass is 35.5. The summed E-state index contributed by atoms with van der Waals surface area (Å²) in [5.41, 5.74) is 0.692. The number of furan rings is 1. The first kappa shape index (κ1) is 14.1. The van der Waals surface area contributed by atoms with Crippen LogP contribution in [0.5, 0.6) is 0 Å². The van der Waals surface area contributed by atoms with Crippen molar-refractivity contribution in [2.45, 2.75) is 0 Å². The van der Waals surface area contributed by atoms with E-state index in [4.69, 9.17) is 16.0 Å². The van der Waals surface area contributed by atoms with Crippen LogP contribution in [0.1, 0.15) is 20.9 Å². The molecule has 3 aromatic rings. The number of halogens is 1. The van der Waals surface area contributed by atoms with Crippen LogP contribution in [0.4, 0.5) is 5.69 Å². The van der Waals surface area contributed by atoms with Gasteiger partial charge in [-0.05, 0) is 30.3 Å². The number of amides is 1. The zero-order valence-electron chi connectivity index (χ0n) is 11.0. The molecule has 2 aromatic heterocycles. The van der Waals surface area contributed by atoms with Crippen molar-refractivity contribution in [2.75, 3.05) is 5.32 Å². The van der Waals surface area contributed by atoms with Crippen molar-refractivity contribution in [1.29, 1.82) is 0 Å². The first-order valence-corrected chi connectivity index (χ1v) is 6.61. The number of carboxylic acids is 1. The monoisotopic (exact) mass is 316 g/mol. The third kappa shape index (κ3) is 2.51. The normalized spacial score (nSPS) is 10.6. The molecule has 7 heteroatoms. The van der Waals surface area contributed by atoms with Gasteiger partial charge in [0.15, 0.2) is 0 Å². The molecule has 6 nitrogen and oxygen atoms in total. The number of carbonyl (C=O) groups is 2. The number of benzene rings is 1. The van der Waals surface area contributed by atoms with Crippen molar-refractivity contribution < 1.29 is 19.1 Å². The predicted molar refractivity (Wildman–Crippen MR) is 80.4 cm³/mol. The van der Waals surface area contributed by atoms with E-state index in [1.807, 2.05) is 0 Å². The zero-order valence-corrected chi connectivity index (χ0v) is 11.8. The van der Waals surface area contributed by atoms with Gasteiger partial charge >= 0.3 is 5.97 Å². The van der Waals surface area contributed by atoms with Gasteiger partial charge in [-0.1, -0.05) is 11.6 Å². The molecule has 110 valence electrons. The highest BCUT2D eigenvalue weighted by Gasteiger charge is 2.22. The number of hydrogen-bond acceptors (Lipinski definition) is 4. The number of fused-ring (bicyclic) bond motifs is 1. The van der Waals surface area contributed by atoms with E-state index in [-0.39, 0.29) is 11.4 Å². The summed E-state index contributed by atoms with van der Waals surface area (Å²) in [4.78, 5) is 27.3. The van der Waals surface area contributed by atoms with E-state index < -0.39 is 11.9 Å². The summed E-state index contributed by atoms with van der Waals surface area (Å²) in [6.07, 6.45) is 2.91. The smallest absolute Gasteiger partial charge is 0.374 e. The zero-order chi connectivity index (χ0) is 15.7. The summed E-state index contributed by atoms with van der Waals surface area (Å²) in [7, 11) is 0. The van der Waals surface area contributed by atoms with Crippen LogP contribution in [0.2, 0.25) is 5.02 Å². The number of rotatable bonds is 3. The predicted octanol–water partition coefficient (Wildman–Crippen LogP) is 3.43. The first-order chi connectivity index (χ1) is 10.6. The van der Waals surface area contributed by atoms with Gasteiger partial charge in [-0.2, -0.15) is 0 Å². The van der Waals surface area contributed by atoms with Crippen molar-refractivity contribution in [3.63, 3.8) is 0 Å². The fourth-order valence-corrected chi connectivity index (χ4v) is 2.20. The molecular formula is C15H9ClN2O4. The van der Waals surface area contributed by atoms with Crippen molar-refractivity contribution in [3.8, 4) is 0 Å². The molecule has 2 N–H and O–H groups in total. The molecule has 1 amide bonds. The number of aromatic nitrogens is 1. The lowest BCUT2D eigenvalue weighted by atomic mass is 10.2. The van der Waals surface area contributed by atoms with Gasteiger partial charge in [0, 0.05) is 22.8 Å². The quantitative estimate of drug-likeness (QED) is 0.772.